The molecule has 12 heteroatoms. The van der Waals surface area contributed by atoms with Gasteiger partial charge in [-0.15, -0.1) is 0 Å². The Morgan fingerprint density at radius 2 is 1.77 bits per heavy atom. The maximum absolute atomic E-state index is 13.5. The number of amides is 2. The number of benzene rings is 1. The molecule has 1 aliphatic heterocycles. The molecule has 2 amide bonds. The molecule has 0 aliphatic carbocycles. The molecule has 1 aromatic carbocycles. The van der Waals surface area contributed by atoms with E-state index in [4.69, 9.17) is 5.73 Å². The van der Waals surface area contributed by atoms with Crippen LogP contribution in [0, 0.1) is 11.6 Å². The number of aromatic amines is 1. The van der Waals surface area contributed by atoms with Gasteiger partial charge in [0.15, 0.2) is 17.3 Å². The zero-order valence-electron chi connectivity index (χ0n) is 19.9. The summed E-state index contributed by atoms with van der Waals surface area (Å²) in [6, 6.07) is 3.02. The molecular formula is C23H30F2N6O4. The van der Waals surface area contributed by atoms with Gasteiger partial charge in [-0.05, 0) is 31.5 Å². The van der Waals surface area contributed by atoms with E-state index in [1.54, 1.807) is 6.92 Å². The highest BCUT2D eigenvalue weighted by Gasteiger charge is 2.28. The highest BCUT2D eigenvalue weighted by atomic mass is 19.2. The molecule has 0 atom stereocenters. The van der Waals surface area contributed by atoms with Crippen molar-refractivity contribution < 1.29 is 18.4 Å². The van der Waals surface area contributed by atoms with Gasteiger partial charge in [0, 0.05) is 44.8 Å². The van der Waals surface area contributed by atoms with E-state index in [2.05, 4.69) is 4.98 Å². The zero-order valence-corrected chi connectivity index (χ0v) is 19.9. The van der Waals surface area contributed by atoms with E-state index in [1.807, 2.05) is 11.8 Å². The van der Waals surface area contributed by atoms with Gasteiger partial charge in [-0.2, -0.15) is 0 Å². The molecule has 0 unspecified atom stereocenters. The Hall–Kier alpha value is -3.54. The van der Waals surface area contributed by atoms with Crippen molar-refractivity contribution in [3.8, 4) is 0 Å². The Morgan fingerprint density at radius 1 is 1.09 bits per heavy atom. The monoisotopic (exact) mass is 492 g/mol. The number of hydrogen-bond donors (Lipinski definition) is 2. The molecule has 35 heavy (non-hydrogen) atoms. The Labute approximate surface area is 200 Å². The number of likely N-dealkylation sites (N-methyl/N-ethyl adjacent to an activating group) is 1. The van der Waals surface area contributed by atoms with E-state index in [9.17, 15) is 28.0 Å². The average molecular weight is 493 g/mol. The van der Waals surface area contributed by atoms with Crippen molar-refractivity contribution in [2.45, 2.75) is 33.2 Å². The number of carbonyl (C=O) groups excluding carboxylic acids is 2. The van der Waals surface area contributed by atoms with Gasteiger partial charge < -0.3 is 15.5 Å². The third kappa shape index (κ3) is 5.76. The first-order valence-corrected chi connectivity index (χ1v) is 11.6. The number of H-pyrrole nitrogens is 1. The van der Waals surface area contributed by atoms with Crippen LogP contribution in [0.4, 0.5) is 20.3 Å². The van der Waals surface area contributed by atoms with Gasteiger partial charge in [-0.1, -0.05) is 13.3 Å². The maximum Gasteiger partial charge on any atom is 0.330 e. The first kappa shape index (κ1) is 26.1. The largest absolute Gasteiger partial charge is 0.383 e. The van der Waals surface area contributed by atoms with E-state index in [1.165, 1.54) is 20.4 Å². The molecule has 0 radical (unpaired) electrons. The molecular weight excluding hydrogens is 462 g/mol. The average Bonchev–Trinajstić information content (AvgIpc) is 2.83. The van der Waals surface area contributed by atoms with E-state index in [0.29, 0.717) is 39.1 Å². The summed E-state index contributed by atoms with van der Waals surface area (Å²) in [5.41, 5.74) is 4.80. The van der Waals surface area contributed by atoms with Gasteiger partial charge >= 0.3 is 5.69 Å². The lowest BCUT2D eigenvalue weighted by Crippen LogP contribution is -2.52. The van der Waals surface area contributed by atoms with E-state index < -0.39 is 28.8 Å². The molecule has 1 saturated heterocycles. The Morgan fingerprint density at radius 3 is 2.37 bits per heavy atom. The summed E-state index contributed by atoms with van der Waals surface area (Å²) in [6.45, 7) is 5.48. The molecule has 0 spiro atoms. The van der Waals surface area contributed by atoms with Crippen LogP contribution in [0.15, 0.2) is 27.8 Å². The van der Waals surface area contributed by atoms with Crippen LogP contribution in [0.5, 0.6) is 0 Å². The summed E-state index contributed by atoms with van der Waals surface area (Å²) in [5.74, 6) is -2.95. The molecule has 1 aromatic heterocycles. The highest BCUT2D eigenvalue weighted by Crippen LogP contribution is 2.18. The van der Waals surface area contributed by atoms with Crippen LogP contribution in [-0.2, 0) is 11.3 Å². The molecule has 3 N–H and O–H groups in total. The molecule has 190 valence electrons. The summed E-state index contributed by atoms with van der Waals surface area (Å²) in [6.07, 6.45) is 1.50. The molecule has 0 bridgehead atoms. The predicted molar refractivity (Wildman–Crippen MR) is 127 cm³/mol. The van der Waals surface area contributed by atoms with Crippen LogP contribution in [-0.4, -0.2) is 70.4 Å². The Bertz CT molecular complexity index is 1200. The molecule has 0 saturated carbocycles. The number of hydrogen-bond acceptors (Lipinski definition) is 6. The van der Waals surface area contributed by atoms with Gasteiger partial charge in [-0.25, -0.2) is 13.6 Å². The molecule has 2 heterocycles. The van der Waals surface area contributed by atoms with E-state index in [0.717, 1.165) is 18.6 Å². The minimum atomic E-state index is -1.09. The first-order chi connectivity index (χ1) is 16.7. The fourth-order valence-corrected chi connectivity index (χ4v) is 4.03. The van der Waals surface area contributed by atoms with Gasteiger partial charge in [0.1, 0.15) is 5.82 Å². The van der Waals surface area contributed by atoms with Crippen LogP contribution in [0.1, 0.15) is 37.0 Å². The van der Waals surface area contributed by atoms with Crippen molar-refractivity contribution in [3.05, 3.63) is 56.2 Å². The lowest BCUT2D eigenvalue weighted by atomic mass is 10.1. The second kappa shape index (κ2) is 11.3. The zero-order chi connectivity index (χ0) is 25.7. The summed E-state index contributed by atoms with van der Waals surface area (Å²) in [4.78, 5) is 57.3. The number of nitrogens with one attached hydrogen (secondary N) is 1. The highest BCUT2D eigenvalue weighted by molar-refractivity contribution is 5.97. The molecule has 2 aromatic rings. The standard InChI is InChI=1S/C23H30F2N6O4/c1-3-5-8-31-20(26)19(21(33)27-23(31)35)30(4-2)18(32)14-28-9-11-29(12-10-28)22(34)15-6-7-16(24)17(25)13-15/h6-7,13H,3-5,8-12,14,26H2,1-2H3,(H,27,33,35). The number of halogens is 2. The number of anilines is 2. The second-order valence-electron chi connectivity index (χ2n) is 8.33. The number of unbranched alkanes of at least 4 members (excludes halogenated alkanes) is 1. The number of nitrogen functional groups attached to an aromatic ring is 1. The van der Waals surface area contributed by atoms with Gasteiger partial charge in [0.05, 0.1) is 6.54 Å². The van der Waals surface area contributed by atoms with Crippen molar-refractivity contribution in [1.82, 2.24) is 19.4 Å². The topological polar surface area (TPSA) is 125 Å². The second-order valence-corrected chi connectivity index (χ2v) is 8.33. The first-order valence-electron chi connectivity index (χ1n) is 11.6. The molecule has 3 rings (SSSR count). The van der Waals surface area contributed by atoms with Crippen molar-refractivity contribution >= 4 is 23.3 Å². The number of piperazine rings is 1. The number of rotatable bonds is 8. The third-order valence-corrected chi connectivity index (χ3v) is 6.02. The number of carbonyl (C=O) groups is 2. The summed E-state index contributed by atoms with van der Waals surface area (Å²) in [7, 11) is 0. The van der Waals surface area contributed by atoms with Crippen LogP contribution >= 0.6 is 0 Å². The predicted octanol–water partition coefficient (Wildman–Crippen LogP) is 1.01. The Balaban J connectivity index is 1.68. The van der Waals surface area contributed by atoms with E-state index in [-0.39, 0.29) is 36.1 Å². The van der Waals surface area contributed by atoms with Crippen LogP contribution in [0.2, 0.25) is 0 Å². The SMILES string of the molecule is CCCCn1c(N)c(N(CC)C(=O)CN2CCN(C(=O)c3ccc(F)c(F)c3)CC2)c(=O)[nH]c1=O. The quantitative estimate of drug-likeness (QED) is 0.567. The number of nitrogens with two attached hydrogens (primary N) is 1. The van der Waals surface area contributed by atoms with E-state index >= 15 is 0 Å². The van der Waals surface area contributed by atoms with Crippen molar-refractivity contribution in [2.75, 3.05) is 49.9 Å². The normalized spacial score (nSPS) is 14.2. The minimum absolute atomic E-state index is 0.0198. The lowest BCUT2D eigenvalue weighted by molar-refractivity contribution is -0.120. The van der Waals surface area contributed by atoms with Crippen LogP contribution in [0.3, 0.4) is 0 Å². The Kier molecular flexibility index (Phi) is 8.39. The van der Waals surface area contributed by atoms with Crippen molar-refractivity contribution in [2.24, 2.45) is 0 Å². The van der Waals surface area contributed by atoms with Crippen molar-refractivity contribution in [1.29, 1.82) is 0 Å². The van der Waals surface area contributed by atoms with Gasteiger partial charge in [0.25, 0.3) is 11.5 Å². The molecule has 10 nitrogen and oxygen atoms in total. The summed E-state index contributed by atoms with van der Waals surface area (Å²) >= 11 is 0. The van der Waals surface area contributed by atoms with Crippen molar-refractivity contribution in [3.63, 3.8) is 0 Å². The number of aromatic nitrogens is 2. The summed E-state index contributed by atoms with van der Waals surface area (Å²) in [5, 5.41) is 0. The number of nitrogens with zero attached hydrogens (tertiary/aromatic N) is 4. The fourth-order valence-electron chi connectivity index (χ4n) is 4.03. The maximum atomic E-state index is 13.5. The lowest BCUT2D eigenvalue weighted by Gasteiger charge is -2.35. The fraction of sp³-hybridized carbons (Fsp3) is 0.478. The van der Waals surface area contributed by atoms with Gasteiger partial charge in [0.2, 0.25) is 5.91 Å². The van der Waals surface area contributed by atoms with Crippen LogP contribution in [0.25, 0.3) is 0 Å². The molecule has 1 fully saturated rings. The summed E-state index contributed by atoms with van der Waals surface area (Å²) < 4.78 is 27.9. The minimum Gasteiger partial charge on any atom is -0.383 e. The third-order valence-electron chi connectivity index (χ3n) is 6.02. The van der Waals surface area contributed by atoms with Crippen LogP contribution < -0.4 is 21.9 Å². The smallest absolute Gasteiger partial charge is 0.330 e. The molecule has 1 aliphatic rings. The van der Waals surface area contributed by atoms with Gasteiger partial charge in [-0.3, -0.25) is 28.8 Å².